The van der Waals surface area contributed by atoms with Crippen LogP contribution >= 0.6 is 15.6 Å². The van der Waals surface area contributed by atoms with Crippen molar-refractivity contribution in [2.24, 2.45) is 0 Å². The third-order valence-electron chi connectivity index (χ3n) is 4.02. The Labute approximate surface area is 175 Å². The van der Waals surface area contributed by atoms with E-state index in [-0.39, 0.29) is 6.61 Å². The molecule has 0 amide bonds. The highest BCUT2D eigenvalue weighted by atomic mass is 31.3. The van der Waals surface area contributed by atoms with E-state index in [2.05, 4.69) is 54.8 Å². The molecular formula is C20H33O7P2-3. The van der Waals surface area contributed by atoms with E-state index in [1.165, 1.54) is 22.8 Å². The molecule has 0 aromatic rings. The second-order valence-corrected chi connectivity index (χ2v) is 10.0. The molecule has 9 heteroatoms. The number of hydrogen-bond acceptors (Lipinski definition) is 7. The molecule has 0 aliphatic carbocycles. The molecule has 0 aliphatic rings. The molecule has 0 saturated heterocycles. The van der Waals surface area contributed by atoms with E-state index in [1.54, 1.807) is 0 Å². The van der Waals surface area contributed by atoms with Gasteiger partial charge in [0.1, 0.15) is 0 Å². The van der Waals surface area contributed by atoms with Gasteiger partial charge in [-0.25, -0.2) is 0 Å². The number of phosphoric ester groups is 1. The van der Waals surface area contributed by atoms with Crippen LogP contribution in [0, 0.1) is 0 Å². The van der Waals surface area contributed by atoms with Gasteiger partial charge in [-0.05, 0) is 73.1 Å². The fourth-order valence-corrected chi connectivity index (χ4v) is 3.83. The van der Waals surface area contributed by atoms with Crippen LogP contribution in [-0.2, 0) is 18.0 Å². The van der Waals surface area contributed by atoms with Crippen molar-refractivity contribution < 1.29 is 32.6 Å². The fraction of sp³-hybridized carbons (Fsp3) is 0.600. The van der Waals surface area contributed by atoms with Crippen LogP contribution < -0.4 is 14.7 Å². The van der Waals surface area contributed by atoms with Gasteiger partial charge in [0.2, 0.25) is 0 Å². The Bertz CT molecular complexity index is 710. The number of hydrogen-bond donors (Lipinski definition) is 0. The van der Waals surface area contributed by atoms with Gasteiger partial charge in [-0.15, -0.1) is 0 Å². The van der Waals surface area contributed by atoms with Gasteiger partial charge < -0.3 is 23.8 Å². The van der Waals surface area contributed by atoms with Crippen molar-refractivity contribution in [1.82, 2.24) is 0 Å². The Balaban J connectivity index is 4.20. The number of phosphoric acid groups is 2. The maximum atomic E-state index is 11.1. The van der Waals surface area contributed by atoms with Gasteiger partial charge in [-0.1, -0.05) is 46.6 Å². The molecule has 0 aromatic heterocycles. The van der Waals surface area contributed by atoms with E-state index in [0.29, 0.717) is 6.42 Å². The fourth-order valence-electron chi connectivity index (χ4n) is 2.40. The smallest absolute Gasteiger partial charge is 0.272 e. The standard InChI is InChI=1S/C20H36O7P2/c1-17(2)9-6-10-18(3)11-7-12-19(4)13-8-14-20(5)15-16-26-29(24,25)27-28(21,22)23/h9,11,13,15H,6-8,10,12,14,16H2,1-5H3,(H,24,25)(H2,21,22,23)/p-3. The lowest BCUT2D eigenvalue weighted by molar-refractivity contribution is -0.339. The molecule has 0 fully saturated rings. The monoisotopic (exact) mass is 447 g/mol. The largest absolute Gasteiger partial charge is 0.790 e. The van der Waals surface area contributed by atoms with Crippen LogP contribution in [0.1, 0.15) is 73.1 Å². The predicted octanol–water partition coefficient (Wildman–Crippen LogP) is 4.46. The third-order valence-corrected chi connectivity index (χ3v) is 6.08. The Morgan fingerprint density at radius 1 is 0.724 bits per heavy atom. The summed E-state index contributed by atoms with van der Waals surface area (Å²) >= 11 is 0. The third kappa shape index (κ3) is 19.0. The molecule has 0 radical (unpaired) electrons. The van der Waals surface area contributed by atoms with E-state index in [0.717, 1.165) is 37.7 Å². The summed E-state index contributed by atoms with van der Waals surface area (Å²) in [6.45, 7) is 9.89. The van der Waals surface area contributed by atoms with Crippen LogP contribution in [0.5, 0.6) is 0 Å². The second kappa shape index (κ2) is 14.3. The lowest BCUT2D eigenvalue weighted by Crippen LogP contribution is -2.19. The summed E-state index contributed by atoms with van der Waals surface area (Å²) < 4.78 is 29.1. The summed E-state index contributed by atoms with van der Waals surface area (Å²) in [5.41, 5.74) is 4.93. The van der Waals surface area contributed by atoms with Crippen molar-refractivity contribution in [3.05, 3.63) is 46.6 Å². The molecule has 0 aromatic carbocycles. The Hall–Kier alpha value is -0.780. The molecule has 0 bridgehead atoms. The van der Waals surface area contributed by atoms with Crippen LogP contribution in [-0.4, -0.2) is 6.61 Å². The minimum atomic E-state index is -5.64. The van der Waals surface area contributed by atoms with Gasteiger partial charge in [0.15, 0.2) is 0 Å². The first-order valence-electron chi connectivity index (χ1n) is 9.60. The normalized spacial score (nSPS) is 15.9. The molecule has 1 atom stereocenters. The average Bonchev–Trinajstić information content (AvgIpc) is 2.51. The average molecular weight is 447 g/mol. The highest BCUT2D eigenvalue weighted by molar-refractivity contribution is 7.58. The molecule has 0 heterocycles. The van der Waals surface area contributed by atoms with Crippen LogP contribution in [0.3, 0.4) is 0 Å². The highest BCUT2D eigenvalue weighted by Gasteiger charge is 2.10. The molecule has 29 heavy (non-hydrogen) atoms. The molecular weight excluding hydrogens is 414 g/mol. The Morgan fingerprint density at radius 3 is 1.55 bits per heavy atom. The maximum absolute atomic E-state index is 11.1. The molecule has 0 N–H and O–H groups in total. The van der Waals surface area contributed by atoms with Crippen molar-refractivity contribution in [3.63, 3.8) is 0 Å². The van der Waals surface area contributed by atoms with Crippen LogP contribution in [0.15, 0.2) is 46.6 Å². The summed E-state index contributed by atoms with van der Waals surface area (Å²) in [5, 5.41) is 0. The second-order valence-electron chi connectivity index (χ2n) is 7.32. The predicted molar refractivity (Wildman–Crippen MR) is 111 cm³/mol. The van der Waals surface area contributed by atoms with E-state index in [9.17, 15) is 23.8 Å². The molecule has 0 aliphatic heterocycles. The SMILES string of the molecule is CC(C)=CCCC(C)=CCCC(C)=CCCC(C)=CCOP(=O)([O-])OP(=O)([O-])[O-]. The summed E-state index contributed by atoms with van der Waals surface area (Å²) in [7, 11) is -10.8. The summed E-state index contributed by atoms with van der Waals surface area (Å²) in [5.74, 6) is 0. The molecule has 0 saturated carbocycles. The quantitative estimate of drug-likeness (QED) is 0.284. The Morgan fingerprint density at radius 2 is 1.14 bits per heavy atom. The summed E-state index contributed by atoms with van der Waals surface area (Å²) in [6.07, 6.45) is 13.9. The van der Waals surface area contributed by atoms with E-state index in [4.69, 9.17) is 0 Å². The van der Waals surface area contributed by atoms with Crippen molar-refractivity contribution >= 4 is 15.6 Å². The minimum Gasteiger partial charge on any atom is -0.790 e. The topological polar surface area (TPSA) is 122 Å². The first-order chi connectivity index (χ1) is 13.3. The summed E-state index contributed by atoms with van der Waals surface area (Å²) in [4.78, 5) is 31.7. The first-order valence-corrected chi connectivity index (χ1v) is 12.5. The first kappa shape index (κ1) is 28.2. The summed E-state index contributed by atoms with van der Waals surface area (Å²) in [6, 6.07) is 0. The van der Waals surface area contributed by atoms with E-state index < -0.39 is 15.6 Å². The zero-order valence-electron chi connectivity index (χ0n) is 18.0. The van der Waals surface area contributed by atoms with Crippen LogP contribution in [0.4, 0.5) is 0 Å². The van der Waals surface area contributed by atoms with Gasteiger partial charge in [-0.3, -0.25) is 8.88 Å². The molecule has 168 valence electrons. The van der Waals surface area contributed by atoms with E-state index in [1.807, 2.05) is 6.92 Å². The van der Waals surface area contributed by atoms with Gasteiger partial charge in [0.05, 0.1) is 14.4 Å². The number of allylic oxidation sites excluding steroid dienone is 7. The Kier molecular flexibility index (Phi) is 13.9. The van der Waals surface area contributed by atoms with Crippen molar-refractivity contribution in [2.75, 3.05) is 6.61 Å². The molecule has 0 spiro atoms. The maximum Gasteiger partial charge on any atom is 0.272 e. The van der Waals surface area contributed by atoms with Crippen molar-refractivity contribution in [1.29, 1.82) is 0 Å². The van der Waals surface area contributed by atoms with Crippen LogP contribution in [0.25, 0.3) is 0 Å². The van der Waals surface area contributed by atoms with Crippen LogP contribution in [0.2, 0.25) is 0 Å². The highest BCUT2D eigenvalue weighted by Crippen LogP contribution is 2.50. The van der Waals surface area contributed by atoms with Gasteiger partial charge in [0.25, 0.3) is 7.82 Å². The van der Waals surface area contributed by atoms with Gasteiger partial charge >= 0.3 is 0 Å². The van der Waals surface area contributed by atoms with Crippen molar-refractivity contribution in [2.45, 2.75) is 73.1 Å². The zero-order chi connectivity index (χ0) is 22.5. The van der Waals surface area contributed by atoms with E-state index >= 15 is 0 Å². The number of rotatable bonds is 14. The molecule has 0 rings (SSSR count). The molecule has 7 nitrogen and oxygen atoms in total. The van der Waals surface area contributed by atoms with Crippen molar-refractivity contribution in [3.8, 4) is 0 Å². The van der Waals surface area contributed by atoms with Gasteiger partial charge in [0, 0.05) is 0 Å². The minimum absolute atomic E-state index is 0.383. The van der Waals surface area contributed by atoms with Gasteiger partial charge in [-0.2, -0.15) is 0 Å². The molecule has 1 unspecified atom stereocenters. The lowest BCUT2D eigenvalue weighted by atomic mass is 10.0. The lowest BCUT2D eigenvalue weighted by Gasteiger charge is -2.34. The zero-order valence-corrected chi connectivity index (χ0v) is 19.8.